The second-order valence-electron chi connectivity index (χ2n) is 7.58. The normalized spacial score (nSPS) is 25.5. The summed E-state index contributed by atoms with van der Waals surface area (Å²) in [4.78, 5) is 0. The molecule has 2 fully saturated rings. The molecule has 24 heavy (non-hydrogen) atoms. The van der Waals surface area contributed by atoms with Crippen LogP contribution in [0.5, 0.6) is 0 Å². The summed E-state index contributed by atoms with van der Waals surface area (Å²) in [5.74, 6) is 0. The molecule has 1 aromatic rings. The first-order chi connectivity index (χ1) is 11.3. The molecule has 0 amide bonds. The van der Waals surface area contributed by atoms with Crippen molar-refractivity contribution in [3.05, 3.63) is 23.8 Å². The third kappa shape index (κ3) is 3.36. The second kappa shape index (κ2) is 6.50. The summed E-state index contributed by atoms with van der Waals surface area (Å²) in [7, 11) is -0.400. The summed E-state index contributed by atoms with van der Waals surface area (Å²) in [6.45, 7) is 8.98. The van der Waals surface area contributed by atoms with E-state index in [0.29, 0.717) is 0 Å². The van der Waals surface area contributed by atoms with Gasteiger partial charge in [0.15, 0.2) is 0 Å². The fraction of sp³-hybridized carbons (Fsp3) is 0.611. The first-order valence-corrected chi connectivity index (χ1v) is 8.71. The van der Waals surface area contributed by atoms with Gasteiger partial charge in [0.1, 0.15) is 6.23 Å². The molecule has 0 bridgehead atoms. The molecular formula is C18H27BN2O3. The van der Waals surface area contributed by atoms with Crippen LogP contribution in [0.2, 0.25) is 0 Å². The molecule has 2 aliphatic rings. The molecule has 130 valence electrons. The van der Waals surface area contributed by atoms with E-state index in [1.54, 1.807) is 0 Å². The van der Waals surface area contributed by atoms with Crippen LogP contribution in [0.25, 0.3) is 0 Å². The number of hydrogen-bond acceptors (Lipinski definition) is 5. The molecule has 0 saturated carbocycles. The van der Waals surface area contributed by atoms with E-state index in [4.69, 9.17) is 19.5 Å². The lowest BCUT2D eigenvalue weighted by atomic mass is 9.78. The van der Waals surface area contributed by atoms with Crippen LogP contribution in [0.3, 0.4) is 0 Å². The maximum atomic E-state index is 7.64. The molecule has 2 heterocycles. The third-order valence-electron chi connectivity index (χ3n) is 5.25. The highest BCUT2D eigenvalue weighted by atomic mass is 16.7. The molecule has 2 N–H and O–H groups in total. The van der Waals surface area contributed by atoms with E-state index in [9.17, 15) is 0 Å². The molecule has 0 radical (unpaired) electrons. The number of hydrogen-bond donors (Lipinski definition) is 2. The minimum absolute atomic E-state index is 0.00555. The zero-order chi connectivity index (χ0) is 17.4. The van der Waals surface area contributed by atoms with Gasteiger partial charge in [0.25, 0.3) is 0 Å². The lowest BCUT2D eigenvalue weighted by Gasteiger charge is -2.32. The summed E-state index contributed by atoms with van der Waals surface area (Å²) < 4.78 is 18.0. The Bertz CT molecular complexity index is 596. The molecular weight excluding hydrogens is 303 g/mol. The van der Waals surface area contributed by atoms with E-state index in [2.05, 4.69) is 5.32 Å². The van der Waals surface area contributed by atoms with E-state index in [1.165, 1.54) is 6.21 Å². The van der Waals surface area contributed by atoms with Crippen LogP contribution < -0.4 is 10.8 Å². The molecule has 1 aromatic carbocycles. The predicted molar refractivity (Wildman–Crippen MR) is 97.3 cm³/mol. The van der Waals surface area contributed by atoms with Crippen molar-refractivity contribution in [1.29, 1.82) is 5.41 Å². The van der Waals surface area contributed by atoms with Crippen LogP contribution in [0.15, 0.2) is 18.2 Å². The Hall–Kier alpha value is -1.37. The Labute approximate surface area is 144 Å². The zero-order valence-corrected chi connectivity index (χ0v) is 15.0. The molecule has 1 atom stereocenters. The monoisotopic (exact) mass is 330 g/mol. The summed E-state index contributed by atoms with van der Waals surface area (Å²) >= 11 is 0. The molecule has 0 aromatic heterocycles. The van der Waals surface area contributed by atoms with E-state index in [-0.39, 0.29) is 17.4 Å². The summed E-state index contributed by atoms with van der Waals surface area (Å²) in [6, 6.07) is 5.91. The Morgan fingerprint density at radius 2 is 1.88 bits per heavy atom. The minimum Gasteiger partial charge on any atom is -0.399 e. The van der Waals surface area contributed by atoms with Gasteiger partial charge < -0.3 is 24.8 Å². The van der Waals surface area contributed by atoms with Gasteiger partial charge in [-0.2, -0.15) is 0 Å². The van der Waals surface area contributed by atoms with Crippen molar-refractivity contribution in [2.75, 3.05) is 11.9 Å². The molecule has 5 nitrogen and oxygen atoms in total. The third-order valence-corrected chi connectivity index (χ3v) is 5.25. The fourth-order valence-electron chi connectivity index (χ4n) is 2.98. The predicted octanol–water partition coefficient (Wildman–Crippen LogP) is 2.92. The van der Waals surface area contributed by atoms with Gasteiger partial charge in [-0.25, -0.2) is 0 Å². The number of anilines is 1. The van der Waals surface area contributed by atoms with Crippen molar-refractivity contribution in [3.63, 3.8) is 0 Å². The Morgan fingerprint density at radius 3 is 2.46 bits per heavy atom. The Balaban J connectivity index is 1.82. The lowest BCUT2D eigenvalue weighted by molar-refractivity contribution is 0.00578. The molecule has 0 aliphatic carbocycles. The lowest BCUT2D eigenvalue weighted by Crippen LogP contribution is -2.41. The van der Waals surface area contributed by atoms with Crippen LogP contribution in [0, 0.1) is 5.41 Å². The van der Waals surface area contributed by atoms with E-state index < -0.39 is 7.12 Å². The summed E-state index contributed by atoms with van der Waals surface area (Å²) in [5.41, 5.74) is 1.96. The standard InChI is InChI=1S/C18H27BN2O3/c1-17(2)18(3,4)24-19(23-17)14-9-8-13(12-20)15(11-14)21-16-7-5-6-10-22-16/h8-9,11-12,16,20-21H,5-7,10H2,1-4H3. The van der Waals surface area contributed by atoms with Crippen molar-refractivity contribution in [2.45, 2.75) is 64.4 Å². The Kier molecular flexibility index (Phi) is 4.73. The maximum absolute atomic E-state index is 7.64. The van der Waals surface area contributed by atoms with Gasteiger partial charge in [-0.15, -0.1) is 0 Å². The number of nitrogens with one attached hydrogen (secondary N) is 2. The van der Waals surface area contributed by atoms with E-state index >= 15 is 0 Å². The van der Waals surface area contributed by atoms with Gasteiger partial charge in [-0.3, -0.25) is 0 Å². The SMILES string of the molecule is CC1(C)OB(c2ccc(C=N)c(NC3CCCCO3)c2)OC1(C)C. The minimum atomic E-state index is -0.400. The highest BCUT2D eigenvalue weighted by Gasteiger charge is 2.51. The molecule has 6 heteroatoms. The van der Waals surface area contributed by atoms with Crippen molar-refractivity contribution >= 4 is 24.5 Å². The largest absolute Gasteiger partial charge is 0.494 e. The average Bonchev–Trinajstić information content (AvgIpc) is 2.76. The number of benzene rings is 1. The van der Waals surface area contributed by atoms with Crippen molar-refractivity contribution in [1.82, 2.24) is 0 Å². The fourth-order valence-corrected chi connectivity index (χ4v) is 2.98. The topological polar surface area (TPSA) is 63.6 Å². The van der Waals surface area contributed by atoms with Crippen LogP contribution in [0.4, 0.5) is 5.69 Å². The maximum Gasteiger partial charge on any atom is 0.494 e. The number of ether oxygens (including phenoxy) is 1. The van der Waals surface area contributed by atoms with Gasteiger partial charge in [-0.05, 0) is 58.5 Å². The smallest absolute Gasteiger partial charge is 0.399 e. The van der Waals surface area contributed by atoms with Crippen LogP contribution in [-0.2, 0) is 14.0 Å². The average molecular weight is 330 g/mol. The molecule has 0 spiro atoms. The van der Waals surface area contributed by atoms with Gasteiger partial charge in [0.2, 0.25) is 0 Å². The second-order valence-corrected chi connectivity index (χ2v) is 7.58. The van der Waals surface area contributed by atoms with E-state index in [1.807, 2.05) is 45.9 Å². The number of rotatable bonds is 4. The molecule has 1 unspecified atom stereocenters. The van der Waals surface area contributed by atoms with Gasteiger partial charge >= 0.3 is 7.12 Å². The van der Waals surface area contributed by atoms with Crippen LogP contribution >= 0.6 is 0 Å². The van der Waals surface area contributed by atoms with Crippen LogP contribution in [-0.4, -0.2) is 37.4 Å². The quantitative estimate of drug-likeness (QED) is 0.658. The highest BCUT2D eigenvalue weighted by molar-refractivity contribution is 6.62. The molecule has 3 rings (SSSR count). The zero-order valence-electron chi connectivity index (χ0n) is 15.0. The summed E-state index contributed by atoms with van der Waals surface area (Å²) in [6.07, 6.45) is 4.63. The summed E-state index contributed by atoms with van der Waals surface area (Å²) in [5, 5.41) is 11.1. The van der Waals surface area contributed by atoms with Crippen molar-refractivity contribution < 1.29 is 14.0 Å². The molecule has 2 aliphatic heterocycles. The first kappa shape index (κ1) is 17.5. The Morgan fingerprint density at radius 1 is 1.17 bits per heavy atom. The van der Waals surface area contributed by atoms with Gasteiger partial charge in [0.05, 0.1) is 11.2 Å². The first-order valence-electron chi connectivity index (χ1n) is 8.71. The highest BCUT2D eigenvalue weighted by Crippen LogP contribution is 2.36. The van der Waals surface area contributed by atoms with Crippen molar-refractivity contribution in [2.24, 2.45) is 0 Å². The van der Waals surface area contributed by atoms with Gasteiger partial charge in [0, 0.05) is 24.1 Å². The van der Waals surface area contributed by atoms with Crippen molar-refractivity contribution in [3.8, 4) is 0 Å². The van der Waals surface area contributed by atoms with Gasteiger partial charge in [-0.1, -0.05) is 12.1 Å². The van der Waals surface area contributed by atoms with Crippen LogP contribution in [0.1, 0.15) is 52.5 Å². The molecule has 2 saturated heterocycles. The van der Waals surface area contributed by atoms with E-state index in [0.717, 1.165) is 42.6 Å².